The Balaban J connectivity index is 1.61. The minimum absolute atomic E-state index is 0.380. The van der Waals surface area contributed by atoms with E-state index in [1.807, 2.05) is 43.3 Å². The molecular formula is C21H22N6O2S2. The molecule has 8 nitrogen and oxygen atoms in total. The van der Waals surface area contributed by atoms with Crippen molar-refractivity contribution in [2.45, 2.75) is 36.1 Å². The molecule has 4 aromatic rings. The average Bonchev–Trinajstić information content (AvgIpc) is 3.15. The zero-order valence-corrected chi connectivity index (χ0v) is 18.9. The van der Waals surface area contributed by atoms with Crippen LogP contribution in [0.2, 0.25) is 0 Å². The topological polar surface area (TPSA) is 127 Å². The number of nitrogens with two attached hydrogens (primary N) is 1. The summed E-state index contributed by atoms with van der Waals surface area (Å²) in [5.74, 6) is 0.380. The highest BCUT2D eigenvalue weighted by atomic mass is 32.2. The SMILES string of the molecule is Cc1cc(-c2cccc3nc(Sc4ccc(NS(=O)(=O)C(C)C)cc4)nc(N)c23)n[nH]1. The molecule has 0 radical (unpaired) electrons. The van der Waals surface area contributed by atoms with Gasteiger partial charge in [-0.05, 0) is 68.9 Å². The van der Waals surface area contributed by atoms with E-state index in [-0.39, 0.29) is 0 Å². The molecule has 0 saturated carbocycles. The summed E-state index contributed by atoms with van der Waals surface area (Å²) >= 11 is 1.35. The Morgan fingerprint density at radius 3 is 2.48 bits per heavy atom. The van der Waals surface area contributed by atoms with Crippen LogP contribution in [0, 0.1) is 6.92 Å². The molecule has 2 aromatic heterocycles. The number of hydrogen-bond donors (Lipinski definition) is 3. The van der Waals surface area contributed by atoms with Gasteiger partial charge in [0.05, 0.1) is 21.8 Å². The van der Waals surface area contributed by atoms with Gasteiger partial charge >= 0.3 is 0 Å². The van der Waals surface area contributed by atoms with Crippen molar-refractivity contribution in [2.24, 2.45) is 0 Å². The first-order valence-electron chi connectivity index (χ1n) is 9.61. The van der Waals surface area contributed by atoms with Crippen LogP contribution in [0.3, 0.4) is 0 Å². The smallest absolute Gasteiger partial charge is 0.235 e. The molecule has 2 aromatic carbocycles. The van der Waals surface area contributed by atoms with Crippen LogP contribution in [0.4, 0.5) is 11.5 Å². The maximum absolute atomic E-state index is 12.0. The van der Waals surface area contributed by atoms with Gasteiger partial charge in [-0.1, -0.05) is 12.1 Å². The second-order valence-electron chi connectivity index (χ2n) is 7.35. The fourth-order valence-electron chi connectivity index (χ4n) is 2.98. The summed E-state index contributed by atoms with van der Waals surface area (Å²) in [6, 6.07) is 14.8. The van der Waals surface area contributed by atoms with Crippen molar-refractivity contribution in [3.8, 4) is 11.3 Å². The summed E-state index contributed by atoms with van der Waals surface area (Å²) in [4.78, 5) is 9.99. The van der Waals surface area contributed by atoms with E-state index in [0.717, 1.165) is 32.7 Å². The van der Waals surface area contributed by atoms with Crippen LogP contribution in [0.5, 0.6) is 0 Å². The van der Waals surface area contributed by atoms with Crippen molar-refractivity contribution in [1.29, 1.82) is 0 Å². The van der Waals surface area contributed by atoms with Crippen molar-refractivity contribution >= 4 is 44.2 Å². The molecule has 0 unspecified atom stereocenters. The van der Waals surface area contributed by atoms with Crippen LogP contribution < -0.4 is 10.5 Å². The van der Waals surface area contributed by atoms with E-state index in [9.17, 15) is 8.42 Å². The molecule has 4 rings (SSSR count). The quantitative estimate of drug-likeness (QED) is 0.372. The first kappa shape index (κ1) is 21.1. The lowest BCUT2D eigenvalue weighted by atomic mass is 10.1. The maximum Gasteiger partial charge on any atom is 0.235 e. The molecule has 4 N–H and O–H groups in total. The lowest BCUT2D eigenvalue weighted by Gasteiger charge is -2.11. The third kappa shape index (κ3) is 4.49. The highest BCUT2D eigenvalue weighted by Gasteiger charge is 2.16. The van der Waals surface area contributed by atoms with Crippen LogP contribution in [-0.4, -0.2) is 33.8 Å². The summed E-state index contributed by atoms with van der Waals surface area (Å²) in [7, 11) is -3.38. The van der Waals surface area contributed by atoms with E-state index in [2.05, 4.69) is 24.9 Å². The number of aromatic nitrogens is 4. The number of nitrogen functional groups attached to an aromatic ring is 1. The molecule has 0 aliphatic heterocycles. The van der Waals surface area contributed by atoms with Crippen LogP contribution in [0.1, 0.15) is 19.5 Å². The van der Waals surface area contributed by atoms with Gasteiger partial charge in [-0.25, -0.2) is 18.4 Å². The fourth-order valence-corrected chi connectivity index (χ4v) is 4.45. The third-order valence-electron chi connectivity index (χ3n) is 4.66. The zero-order valence-electron chi connectivity index (χ0n) is 17.2. The van der Waals surface area contributed by atoms with Crippen LogP contribution >= 0.6 is 11.8 Å². The number of sulfonamides is 1. The van der Waals surface area contributed by atoms with E-state index in [1.165, 1.54) is 11.8 Å². The number of aryl methyl sites for hydroxylation is 1. The van der Waals surface area contributed by atoms with Gasteiger partial charge in [0.1, 0.15) is 5.82 Å². The molecule has 2 heterocycles. The normalized spacial score (nSPS) is 11.9. The van der Waals surface area contributed by atoms with E-state index in [0.29, 0.717) is 16.7 Å². The molecule has 0 amide bonds. The van der Waals surface area contributed by atoms with E-state index >= 15 is 0 Å². The molecule has 10 heteroatoms. The average molecular weight is 455 g/mol. The van der Waals surface area contributed by atoms with Crippen molar-refractivity contribution in [2.75, 3.05) is 10.5 Å². The van der Waals surface area contributed by atoms with Crippen molar-refractivity contribution in [3.05, 3.63) is 54.2 Å². The van der Waals surface area contributed by atoms with Gasteiger partial charge in [0.2, 0.25) is 10.0 Å². The molecule has 0 aliphatic rings. The van der Waals surface area contributed by atoms with Crippen molar-refractivity contribution in [1.82, 2.24) is 20.2 Å². The number of nitrogens with one attached hydrogen (secondary N) is 2. The van der Waals surface area contributed by atoms with Gasteiger partial charge in [0.25, 0.3) is 0 Å². The molecule has 0 saturated heterocycles. The van der Waals surface area contributed by atoms with Gasteiger partial charge in [0.15, 0.2) is 5.16 Å². The number of anilines is 2. The number of nitrogens with zero attached hydrogens (tertiary/aromatic N) is 3. The van der Waals surface area contributed by atoms with Crippen LogP contribution in [0.15, 0.2) is 58.6 Å². The van der Waals surface area contributed by atoms with Gasteiger partial charge in [-0.3, -0.25) is 9.82 Å². The van der Waals surface area contributed by atoms with E-state index in [4.69, 9.17) is 5.73 Å². The van der Waals surface area contributed by atoms with Gasteiger partial charge in [-0.2, -0.15) is 5.10 Å². The van der Waals surface area contributed by atoms with Gasteiger partial charge in [-0.15, -0.1) is 0 Å². The molecule has 0 aliphatic carbocycles. The van der Waals surface area contributed by atoms with Crippen molar-refractivity contribution < 1.29 is 8.42 Å². The molecular weight excluding hydrogens is 432 g/mol. The Morgan fingerprint density at radius 1 is 1.10 bits per heavy atom. The van der Waals surface area contributed by atoms with Crippen molar-refractivity contribution in [3.63, 3.8) is 0 Å². The van der Waals surface area contributed by atoms with E-state index < -0.39 is 15.3 Å². The Hall–Kier alpha value is -3.11. The van der Waals surface area contributed by atoms with Crippen LogP contribution in [0.25, 0.3) is 22.2 Å². The van der Waals surface area contributed by atoms with Gasteiger partial charge in [0, 0.05) is 21.8 Å². The first-order valence-corrected chi connectivity index (χ1v) is 12.0. The summed E-state index contributed by atoms with van der Waals surface area (Å²) in [6.07, 6.45) is 0. The minimum Gasteiger partial charge on any atom is -0.383 e. The summed E-state index contributed by atoms with van der Waals surface area (Å²) in [5, 5.41) is 8.03. The predicted molar refractivity (Wildman–Crippen MR) is 125 cm³/mol. The Bertz CT molecular complexity index is 1350. The van der Waals surface area contributed by atoms with E-state index in [1.54, 1.807) is 26.0 Å². The number of hydrogen-bond acceptors (Lipinski definition) is 7. The number of fused-ring (bicyclic) bond motifs is 1. The number of rotatable bonds is 6. The standard InChI is InChI=1S/C21H22N6O2S2/c1-12(2)31(28,29)27-14-7-9-15(10-8-14)30-21-23-17-6-4-5-16(19(17)20(22)24-21)18-11-13(3)25-26-18/h4-12,27H,1-3H3,(H,25,26)(H2,22,23,24). The van der Waals surface area contributed by atoms with Crippen LogP contribution in [-0.2, 0) is 10.0 Å². The molecule has 0 spiro atoms. The monoisotopic (exact) mass is 454 g/mol. The number of benzene rings is 2. The molecule has 0 atom stereocenters. The zero-order chi connectivity index (χ0) is 22.2. The predicted octanol–water partition coefficient (Wildman–Crippen LogP) is 4.21. The number of aromatic amines is 1. The summed E-state index contributed by atoms with van der Waals surface area (Å²) in [5.41, 5.74) is 10.2. The highest BCUT2D eigenvalue weighted by molar-refractivity contribution is 7.99. The summed E-state index contributed by atoms with van der Waals surface area (Å²) in [6.45, 7) is 5.20. The largest absolute Gasteiger partial charge is 0.383 e. The third-order valence-corrected chi connectivity index (χ3v) is 7.29. The Kier molecular flexibility index (Phi) is 5.59. The minimum atomic E-state index is -3.38. The number of H-pyrrole nitrogens is 1. The second kappa shape index (κ2) is 8.20. The summed E-state index contributed by atoms with van der Waals surface area (Å²) < 4.78 is 26.6. The lowest BCUT2D eigenvalue weighted by molar-refractivity contribution is 0.593. The first-order chi connectivity index (χ1) is 14.7. The molecule has 0 fully saturated rings. The highest BCUT2D eigenvalue weighted by Crippen LogP contribution is 2.33. The van der Waals surface area contributed by atoms with Gasteiger partial charge < -0.3 is 5.73 Å². The molecule has 160 valence electrons. The maximum atomic E-state index is 12.0. The second-order valence-corrected chi connectivity index (χ2v) is 10.6. The lowest BCUT2D eigenvalue weighted by Crippen LogP contribution is -2.22. The molecule has 31 heavy (non-hydrogen) atoms. The Morgan fingerprint density at radius 2 is 1.84 bits per heavy atom. The fraction of sp³-hybridized carbons (Fsp3) is 0.190. The molecule has 0 bridgehead atoms. The Labute approximate surface area is 184 Å².